The van der Waals surface area contributed by atoms with Crippen LogP contribution in [0.4, 0.5) is 0 Å². The van der Waals surface area contributed by atoms with Crippen LogP contribution in [0, 0.1) is 6.92 Å². The van der Waals surface area contributed by atoms with E-state index in [0.717, 1.165) is 21.9 Å². The maximum Gasteiger partial charge on any atom is 0.251 e. The molecule has 1 aromatic carbocycles. The van der Waals surface area contributed by atoms with Crippen LogP contribution in [0.15, 0.2) is 33.7 Å². The zero-order valence-electron chi connectivity index (χ0n) is 12.0. The lowest BCUT2D eigenvalue weighted by molar-refractivity contribution is 0.0955. The van der Waals surface area contributed by atoms with E-state index in [1.54, 1.807) is 0 Å². The summed E-state index contributed by atoms with van der Waals surface area (Å²) in [5.74, 6) is -0.0425. The van der Waals surface area contributed by atoms with E-state index in [4.69, 9.17) is 5.73 Å². The summed E-state index contributed by atoms with van der Waals surface area (Å²) in [5, 5.41) is 3.62. The van der Waals surface area contributed by atoms with E-state index >= 15 is 0 Å². The molecule has 0 aliphatic carbocycles. The van der Waals surface area contributed by atoms with Crippen LogP contribution in [0.3, 0.4) is 0 Å². The van der Waals surface area contributed by atoms with Gasteiger partial charge in [-0.05, 0) is 50.5 Å². The average molecular weight is 278 g/mol. The second kappa shape index (κ2) is 7.24. The fraction of sp³-hybridized carbons (Fsp3) is 0.400. The van der Waals surface area contributed by atoms with Gasteiger partial charge in [0, 0.05) is 17.0 Å². The van der Waals surface area contributed by atoms with Crippen molar-refractivity contribution in [3.8, 4) is 0 Å². The topological polar surface area (TPSA) is 55.1 Å². The number of aryl methyl sites for hydroxylation is 1. The summed E-state index contributed by atoms with van der Waals surface area (Å²) < 4.78 is 0. The largest absolute Gasteiger partial charge is 0.393 e. The van der Waals surface area contributed by atoms with Crippen LogP contribution in [0.25, 0.3) is 0 Å². The van der Waals surface area contributed by atoms with Crippen LogP contribution in [-0.4, -0.2) is 12.5 Å². The lowest BCUT2D eigenvalue weighted by Gasteiger charge is -2.10. The molecule has 1 amide bonds. The molecule has 0 aliphatic rings. The van der Waals surface area contributed by atoms with Gasteiger partial charge < -0.3 is 11.1 Å². The van der Waals surface area contributed by atoms with E-state index < -0.39 is 0 Å². The molecule has 19 heavy (non-hydrogen) atoms. The van der Waals surface area contributed by atoms with E-state index in [-0.39, 0.29) is 5.91 Å². The monoisotopic (exact) mass is 278 g/mol. The number of nitrogens with one attached hydrogen (secondary N) is 1. The van der Waals surface area contributed by atoms with Crippen molar-refractivity contribution in [2.45, 2.75) is 39.0 Å². The zero-order chi connectivity index (χ0) is 14.4. The van der Waals surface area contributed by atoms with Gasteiger partial charge in [0.05, 0.1) is 5.03 Å². The summed E-state index contributed by atoms with van der Waals surface area (Å²) in [6.45, 7) is 8.68. The first kappa shape index (κ1) is 15.6. The molecule has 0 heterocycles. The molecule has 0 bridgehead atoms. The van der Waals surface area contributed by atoms with E-state index in [0.29, 0.717) is 12.1 Å². The number of carbonyl (C=O) groups excluding carboxylic acids is 1. The Bertz CT molecular complexity index is 495. The zero-order valence-corrected chi connectivity index (χ0v) is 12.9. The Morgan fingerprint density at radius 1 is 1.37 bits per heavy atom. The van der Waals surface area contributed by atoms with Gasteiger partial charge in [-0.1, -0.05) is 24.8 Å². The third-order valence-electron chi connectivity index (χ3n) is 2.96. The Balaban J connectivity index is 3.01. The first-order valence-electron chi connectivity index (χ1n) is 6.51. The molecule has 1 rings (SSSR count). The quantitative estimate of drug-likeness (QED) is 0.811. The van der Waals surface area contributed by atoms with Gasteiger partial charge in [0.25, 0.3) is 5.91 Å². The maximum atomic E-state index is 11.8. The van der Waals surface area contributed by atoms with Crippen LogP contribution in [-0.2, 0) is 0 Å². The van der Waals surface area contributed by atoms with Crippen molar-refractivity contribution in [3.63, 3.8) is 0 Å². The summed E-state index contributed by atoms with van der Waals surface area (Å²) in [6, 6.07) is 5.71. The van der Waals surface area contributed by atoms with Gasteiger partial charge >= 0.3 is 0 Å². The number of allylic oxidation sites excluding steroid dienone is 1. The molecule has 3 nitrogen and oxygen atoms in total. The van der Waals surface area contributed by atoms with Gasteiger partial charge in [-0.25, -0.2) is 0 Å². The van der Waals surface area contributed by atoms with Crippen LogP contribution < -0.4 is 11.1 Å². The molecule has 0 spiro atoms. The van der Waals surface area contributed by atoms with Gasteiger partial charge in [-0.3, -0.25) is 4.79 Å². The molecule has 0 atom stereocenters. The minimum absolute atomic E-state index is 0.0425. The van der Waals surface area contributed by atoms with E-state index in [1.807, 2.05) is 39.0 Å². The molecule has 0 saturated carbocycles. The van der Waals surface area contributed by atoms with Gasteiger partial charge in [-0.15, -0.1) is 0 Å². The normalized spacial score (nSPS) is 12.0. The van der Waals surface area contributed by atoms with Crippen molar-refractivity contribution in [3.05, 3.63) is 39.9 Å². The minimum Gasteiger partial charge on any atom is -0.393 e. The highest BCUT2D eigenvalue weighted by Crippen LogP contribution is 2.29. The van der Waals surface area contributed by atoms with Gasteiger partial charge in [0.2, 0.25) is 0 Å². The minimum atomic E-state index is -0.0425. The highest BCUT2D eigenvalue weighted by molar-refractivity contribution is 8.03. The number of amides is 1. The van der Waals surface area contributed by atoms with Crippen LogP contribution in [0.5, 0.6) is 0 Å². The van der Waals surface area contributed by atoms with Gasteiger partial charge in [-0.2, -0.15) is 0 Å². The van der Waals surface area contributed by atoms with E-state index in [9.17, 15) is 4.79 Å². The van der Waals surface area contributed by atoms with Crippen molar-refractivity contribution in [1.82, 2.24) is 5.32 Å². The summed E-state index contributed by atoms with van der Waals surface area (Å²) in [5.41, 5.74) is 9.04. The molecule has 1 aromatic rings. The number of rotatable bonds is 5. The summed E-state index contributed by atoms with van der Waals surface area (Å²) in [6.07, 6.45) is 0.938. The second-order valence-electron chi connectivity index (χ2n) is 4.44. The van der Waals surface area contributed by atoms with Crippen molar-refractivity contribution in [2.75, 3.05) is 6.54 Å². The molecule has 0 radical (unpaired) electrons. The molecular weight excluding hydrogens is 256 g/mol. The number of thioether (sulfide) groups is 1. The second-order valence-corrected chi connectivity index (χ2v) is 5.52. The molecule has 0 fully saturated rings. The van der Waals surface area contributed by atoms with Gasteiger partial charge in [0.1, 0.15) is 0 Å². The van der Waals surface area contributed by atoms with Crippen LogP contribution in [0.1, 0.15) is 43.1 Å². The number of hydrogen-bond acceptors (Lipinski definition) is 3. The van der Waals surface area contributed by atoms with Gasteiger partial charge in [0.15, 0.2) is 0 Å². The predicted octanol–water partition coefficient (Wildman–Crippen LogP) is 3.44. The molecule has 104 valence electrons. The predicted molar refractivity (Wildman–Crippen MR) is 82.2 cm³/mol. The SMILES string of the molecule is CCNC(=O)c1ccc(C)c(SC(N)=C(C)CC)c1. The molecule has 0 unspecified atom stereocenters. The van der Waals surface area contributed by atoms with Crippen molar-refractivity contribution in [1.29, 1.82) is 0 Å². The fourth-order valence-electron chi connectivity index (χ4n) is 1.49. The lowest BCUT2D eigenvalue weighted by atomic mass is 10.1. The average Bonchev–Trinajstić information content (AvgIpc) is 2.40. The summed E-state index contributed by atoms with van der Waals surface area (Å²) >= 11 is 1.53. The first-order valence-corrected chi connectivity index (χ1v) is 7.33. The first-order chi connectivity index (χ1) is 8.99. The Kier molecular flexibility index (Phi) is 5.96. The Morgan fingerprint density at radius 2 is 2.05 bits per heavy atom. The van der Waals surface area contributed by atoms with Crippen molar-refractivity contribution in [2.24, 2.45) is 5.73 Å². The van der Waals surface area contributed by atoms with Crippen molar-refractivity contribution < 1.29 is 4.79 Å². The number of hydrogen-bond donors (Lipinski definition) is 2. The number of benzene rings is 1. The molecule has 0 aliphatic heterocycles. The molecule has 4 heteroatoms. The van der Waals surface area contributed by atoms with Crippen molar-refractivity contribution >= 4 is 17.7 Å². The number of carbonyl (C=O) groups is 1. The molecular formula is C15H22N2OS. The lowest BCUT2D eigenvalue weighted by Crippen LogP contribution is -2.22. The number of nitrogens with two attached hydrogens (primary N) is 1. The Labute approximate surface area is 119 Å². The highest BCUT2D eigenvalue weighted by atomic mass is 32.2. The smallest absolute Gasteiger partial charge is 0.251 e. The van der Waals surface area contributed by atoms with Crippen LogP contribution in [0.2, 0.25) is 0 Å². The summed E-state index contributed by atoms with van der Waals surface area (Å²) in [7, 11) is 0. The Hall–Kier alpha value is -1.42. The maximum absolute atomic E-state index is 11.8. The van der Waals surface area contributed by atoms with E-state index in [2.05, 4.69) is 12.2 Å². The molecule has 0 saturated heterocycles. The van der Waals surface area contributed by atoms with Crippen LogP contribution >= 0.6 is 11.8 Å². The summed E-state index contributed by atoms with van der Waals surface area (Å²) in [4.78, 5) is 12.9. The standard InChI is InChI=1S/C15H22N2OS/c1-5-10(3)14(16)19-13-9-12(8-7-11(13)4)15(18)17-6-2/h7-9H,5-6,16H2,1-4H3,(H,17,18). The fourth-order valence-corrected chi connectivity index (χ4v) is 2.46. The Morgan fingerprint density at radius 3 is 2.63 bits per heavy atom. The highest BCUT2D eigenvalue weighted by Gasteiger charge is 2.09. The third kappa shape index (κ3) is 4.31. The molecule has 3 N–H and O–H groups in total. The molecule has 0 aromatic heterocycles. The van der Waals surface area contributed by atoms with E-state index in [1.165, 1.54) is 17.3 Å². The third-order valence-corrected chi connectivity index (χ3v) is 4.19.